The summed E-state index contributed by atoms with van der Waals surface area (Å²) in [6, 6.07) is 3.76. The van der Waals surface area contributed by atoms with E-state index < -0.39 is 8.07 Å². The fraction of sp³-hybridized carbons (Fsp3) is 0.500. The third-order valence-corrected chi connectivity index (χ3v) is 10.7. The van der Waals surface area contributed by atoms with Gasteiger partial charge in [0.05, 0.1) is 8.07 Å². The second kappa shape index (κ2) is 5.57. The minimum Gasteiger partial charge on any atom is -0.207 e. The van der Waals surface area contributed by atoms with Crippen LogP contribution in [0, 0.1) is 11.6 Å². The standard InChI is InChI=1S/C16H24F2Si/c1-7-8-15(19(5,6)16(2,3)4)13-11-12(17)9-10-14(13)18/h7,9-11,15H,1,8H2,2-6H3. The summed E-state index contributed by atoms with van der Waals surface area (Å²) in [7, 11) is -1.83. The van der Waals surface area contributed by atoms with E-state index in [0.717, 1.165) is 0 Å². The van der Waals surface area contributed by atoms with Crippen LogP contribution in [0.15, 0.2) is 30.9 Å². The molecule has 0 aliphatic carbocycles. The van der Waals surface area contributed by atoms with Crippen LogP contribution in [0.3, 0.4) is 0 Å². The number of benzene rings is 1. The second-order valence-electron chi connectivity index (χ2n) is 6.71. The van der Waals surface area contributed by atoms with Gasteiger partial charge in [0.2, 0.25) is 0 Å². The summed E-state index contributed by atoms with van der Waals surface area (Å²) < 4.78 is 27.5. The molecule has 0 heterocycles. The Morgan fingerprint density at radius 2 is 1.84 bits per heavy atom. The molecule has 0 N–H and O–H groups in total. The molecule has 3 heteroatoms. The van der Waals surface area contributed by atoms with E-state index in [-0.39, 0.29) is 22.2 Å². The number of halogens is 2. The van der Waals surface area contributed by atoms with Gasteiger partial charge in [0, 0.05) is 0 Å². The predicted molar refractivity (Wildman–Crippen MR) is 81.1 cm³/mol. The zero-order chi connectivity index (χ0) is 14.8. The Morgan fingerprint density at radius 3 is 2.32 bits per heavy atom. The zero-order valence-electron chi connectivity index (χ0n) is 12.6. The topological polar surface area (TPSA) is 0 Å². The van der Waals surface area contributed by atoms with E-state index in [1.54, 1.807) is 0 Å². The van der Waals surface area contributed by atoms with Crippen LogP contribution in [-0.2, 0) is 0 Å². The Hall–Kier alpha value is -0.963. The predicted octanol–water partition coefficient (Wildman–Crippen LogP) is 5.67. The van der Waals surface area contributed by atoms with Crippen molar-refractivity contribution in [2.75, 3.05) is 0 Å². The fourth-order valence-electron chi connectivity index (χ4n) is 2.28. The Bertz CT molecular complexity index is 458. The van der Waals surface area contributed by atoms with Gasteiger partial charge in [-0.05, 0) is 40.8 Å². The first-order chi connectivity index (χ1) is 8.61. The Balaban J connectivity index is 3.36. The van der Waals surface area contributed by atoms with Crippen LogP contribution in [0.1, 0.15) is 38.3 Å². The lowest BCUT2D eigenvalue weighted by atomic mass is 10.1. The van der Waals surface area contributed by atoms with E-state index in [2.05, 4.69) is 40.4 Å². The van der Waals surface area contributed by atoms with Crippen LogP contribution in [-0.4, -0.2) is 8.07 Å². The van der Waals surface area contributed by atoms with Crippen LogP contribution in [0.4, 0.5) is 8.78 Å². The molecule has 0 saturated heterocycles. The van der Waals surface area contributed by atoms with Crippen molar-refractivity contribution in [3.63, 3.8) is 0 Å². The summed E-state index contributed by atoms with van der Waals surface area (Å²) in [6.45, 7) is 14.8. The van der Waals surface area contributed by atoms with E-state index in [9.17, 15) is 8.78 Å². The first kappa shape index (κ1) is 16.1. The molecule has 0 aliphatic heterocycles. The molecule has 0 amide bonds. The van der Waals surface area contributed by atoms with Crippen molar-refractivity contribution < 1.29 is 8.78 Å². The Labute approximate surface area is 116 Å². The highest BCUT2D eigenvalue weighted by Crippen LogP contribution is 2.46. The maximum absolute atomic E-state index is 14.1. The maximum Gasteiger partial charge on any atom is 0.126 e. The Morgan fingerprint density at radius 1 is 1.26 bits per heavy atom. The summed E-state index contributed by atoms with van der Waals surface area (Å²) in [6.07, 6.45) is 2.51. The fourth-order valence-corrected chi connectivity index (χ4v) is 5.08. The van der Waals surface area contributed by atoms with Crippen molar-refractivity contribution in [2.24, 2.45) is 0 Å². The molecule has 0 bridgehead atoms. The molecule has 0 radical (unpaired) electrons. The van der Waals surface area contributed by atoms with Gasteiger partial charge in [-0.25, -0.2) is 8.78 Å². The third-order valence-electron chi connectivity index (χ3n) is 4.54. The van der Waals surface area contributed by atoms with E-state index >= 15 is 0 Å². The number of hydrogen-bond acceptors (Lipinski definition) is 0. The molecule has 0 spiro atoms. The van der Waals surface area contributed by atoms with Gasteiger partial charge >= 0.3 is 0 Å². The number of hydrogen-bond donors (Lipinski definition) is 0. The van der Waals surface area contributed by atoms with Gasteiger partial charge in [-0.1, -0.05) is 39.9 Å². The highest BCUT2D eigenvalue weighted by atomic mass is 28.3. The van der Waals surface area contributed by atoms with Crippen molar-refractivity contribution >= 4 is 8.07 Å². The monoisotopic (exact) mass is 282 g/mol. The van der Waals surface area contributed by atoms with Gasteiger partial charge in [0.1, 0.15) is 11.6 Å². The van der Waals surface area contributed by atoms with E-state index in [0.29, 0.717) is 12.0 Å². The van der Waals surface area contributed by atoms with Crippen molar-refractivity contribution in [3.05, 3.63) is 48.1 Å². The van der Waals surface area contributed by atoms with Crippen LogP contribution in [0.25, 0.3) is 0 Å². The van der Waals surface area contributed by atoms with Crippen LogP contribution < -0.4 is 0 Å². The van der Waals surface area contributed by atoms with Gasteiger partial charge in [-0.2, -0.15) is 0 Å². The summed E-state index contributed by atoms with van der Waals surface area (Å²) in [4.78, 5) is 0. The molecule has 1 aromatic carbocycles. The van der Waals surface area contributed by atoms with Gasteiger partial charge in [-0.15, -0.1) is 6.58 Å². The van der Waals surface area contributed by atoms with Gasteiger partial charge < -0.3 is 0 Å². The van der Waals surface area contributed by atoms with Crippen molar-refractivity contribution in [3.8, 4) is 0 Å². The quantitative estimate of drug-likeness (QED) is 0.493. The first-order valence-electron chi connectivity index (χ1n) is 6.67. The molecule has 1 atom stereocenters. The minimum atomic E-state index is -1.83. The highest BCUT2D eigenvalue weighted by Gasteiger charge is 2.43. The lowest BCUT2D eigenvalue weighted by molar-refractivity contribution is 0.575. The summed E-state index contributed by atoms with van der Waals surface area (Å²) in [5.41, 5.74) is 0.548. The molecule has 1 unspecified atom stereocenters. The molecule has 106 valence electrons. The molecule has 0 saturated carbocycles. The lowest BCUT2D eigenvalue weighted by Gasteiger charge is -2.43. The molecule has 1 aromatic rings. The number of rotatable bonds is 4. The lowest BCUT2D eigenvalue weighted by Crippen LogP contribution is -2.44. The molecule has 0 fully saturated rings. The molecule has 1 rings (SSSR count). The average molecular weight is 282 g/mol. The molecular weight excluding hydrogens is 258 g/mol. The van der Waals surface area contributed by atoms with E-state index in [4.69, 9.17) is 0 Å². The smallest absolute Gasteiger partial charge is 0.126 e. The molecule has 0 nitrogen and oxygen atoms in total. The van der Waals surface area contributed by atoms with Crippen LogP contribution in [0.2, 0.25) is 18.1 Å². The summed E-state index contributed by atoms with van der Waals surface area (Å²) >= 11 is 0. The van der Waals surface area contributed by atoms with E-state index in [1.807, 2.05) is 6.08 Å². The zero-order valence-corrected chi connectivity index (χ0v) is 13.6. The molecule has 0 aromatic heterocycles. The van der Waals surface area contributed by atoms with Gasteiger partial charge in [0.25, 0.3) is 0 Å². The second-order valence-corrected chi connectivity index (χ2v) is 12.4. The van der Waals surface area contributed by atoms with Crippen molar-refractivity contribution in [1.29, 1.82) is 0 Å². The van der Waals surface area contributed by atoms with Crippen LogP contribution in [0.5, 0.6) is 0 Å². The summed E-state index contributed by atoms with van der Waals surface area (Å²) in [5.74, 6) is -0.678. The molecule has 19 heavy (non-hydrogen) atoms. The molecular formula is C16H24F2Si. The largest absolute Gasteiger partial charge is 0.207 e. The van der Waals surface area contributed by atoms with Crippen molar-refractivity contribution in [2.45, 2.75) is 50.9 Å². The average Bonchev–Trinajstić information content (AvgIpc) is 2.28. The summed E-state index contributed by atoms with van der Waals surface area (Å²) in [5, 5.41) is 0.111. The van der Waals surface area contributed by atoms with Crippen molar-refractivity contribution in [1.82, 2.24) is 0 Å². The first-order valence-corrected chi connectivity index (χ1v) is 9.75. The van der Waals surface area contributed by atoms with E-state index in [1.165, 1.54) is 18.2 Å². The normalized spacial score (nSPS) is 14.3. The SMILES string of the molecule is C=CCC(c1cc(F)ccc1F)[Si](C)(C)C(C)(C)C. The maximum atomic E-state index is 14.1. The van der Waals surface area contributed by atoms with Crippen LogP contribution >= 0.6 is 0 Å². The molecule has 0 aliphatic rings. The van der Waals surface area contributed by atoms with Gasteiger partial charge in [-0.3, -0.25) is 0 Å². The minimum absolute atomic E-state index is 0.0423. The number of allylic oxidation sites excluding steroid dienone is 1. The third kappa shape index (κ3) is 3.33. The Kier molecular flexibility index (Phi) is 4.72. The van der Waals surface area contributed by atoms with Gasteiger partial charge in [0.15, 0.2) is 0 Å². The highest BCUT2D eigenvalue weighted by molar-refractivity contribution is 6.81.